The fourth-order valence-electron chi connectivity index (χ4n) is 2.12. The molecule has 2 rings (SSSR count). The molecule has 5 heteroatoms. The second-order valence-corrected chi connectivity index (χ2v) is 4.67. The van der Waals surface area contributed by atoms with Crippen molar-refractivity contribution in [3.05, 3.63) is 5.82 Å². The number of hydrogen-bond acceptors (Lipinski definition) is 3. The maximum absolute atomic E-state index is 6.17. The molecule has 0 saturated heterocycles. The molecule has 1 saturated carbocycles. The molecule has 1 fully saturated rings. The number of aromatic nitrogens is 4. The van der Waals surface area contributed by atoms with Gasteiger partial charge >= 0.3 is 0 Å². The molecule has 1 aliphatic rings. The molecule has 0 radical (unpaired) electrons. The van der Waals surface area contributed by atoms with Crippen LogP contribution in [0.2, 0.25) is 0 Å². The van der Waals surface area contributed by atoms with Crippen LogP contribution in [0.25, 0.3) is 0 Å². The van der Waals surface area contributed by atoms with Gasteiger partial charge in [0.05, 0.1) is 7.05 Å². The van der Waals surface area contributed by atoms with Gasteiger partial charge in [-0.25, -0.2) is 0 Å². The van der Waals surface area contributed by atoms with E-state index in [0.29, 0.717) is 17.2 Å². The normalized spacial score (nSPS) is 32.4. The smallest absolute Gasteiger partial charge is 0.167 e. The highest BCUT2D eigenvalue weighted by Gasteiger charge is 2.32. The summed E-state index contributed by atoms with van der Waals surface area (Å²) in [7, 11) is 1.79. The largest absolute Gasteiger partial charge is 0.175 e. The van der Waals surface area contributed by atoms with Crippen LogP contribution in [-0.4, -0.2) is 25.6 Å². The van der Waals surface area contributed by atoms with Gasteiger partial charge in [0.25, 0.3) is 0 Å². The molecule has 3 atom stereocenters. The minimum Gasteiger partial charge on any atom is -0.167 e. The molecular formula is C9H15ClN4. The summed E-state index contributed by atoms with van der Waals surface area (Å²) in [4.78, 5) is 1.51. The third-order valence-corrected chi connectivity index (χ3v) is 3.74. The maximum atomic E-state index is 6.17. The Balaban J connectivity index is 1.98. The minimum atomic E-state index is 0.330. The lowest BCUT2D eigenvalue weighted by Crippen LogP contribution is -2.14. The molecule has 1 aromatic rings. The molecule has 0 bridgehead atoms. The van der Waals surface area contributed by atoms with Gasteiger partial charge < -0.3 is 0 Å². The first-order chi connectivity index (χ1) is 6.66. The zero-order valence-corrected chi connectivity index (χ0v) is 9.28. The van der Waals surface area contributed by atoms with E-state index in [2.05, 4.69) is 22.3 Å². The summed E-state index contributed by atoms with van der Waals surface area (Å²) in [5.74, 6) is 2.04. The van der Waals surface area contributed by atoms with E-state index < -0.39 is 0 Å². The van der Waals surface area contributed by atoms with Crippen LogP contribution in [0.3, 0.4) is 0 Å². The molecule has 0 spiro atoms. The van der Waals surface area contributed by atoms with Crippen molar-refractivity contribution in [3.8, 4) is 0 Å². The van der Waals surface area contributed by atoms with E-state index in [1.807, 2.05) is 0 Å². The van der Waals surface area contributed by atoms with E-state index in [1.54, 1.807) is 7.05 Å². The molecule has 0 amide bonds. The van der Waals surface area contributed by atoms with Crippen molar-refractivity contribution >= 4 is 11.6 Å². The van der Waals surface area contributed by atoms with Gasteiger partial charge in [0, 0.05) is 11.8 Å². The molecular weight excluding hydrogens is 200 g/mol. The average molecular weight is 215 g/mol. The van der Waals surface area contributed by atoms with Crippen molar-refractivity contribution in [1.82, 2.24) is 20.2 Å². The summed E-state index contributed by atoms with van der Waals surface area (Å²) in [6.45, 7) is 2.21. The van der Waals surface area contributed by atoms with Crippen molar-refractivity contribution in [2.24, 2.45) is 18.9 Å². The molecule has 0 aliphatic heterocycles. The molecule has 3 unspecified atom stereocenters. The summed E-state index contributed by atoms with van der Waals surface area (Å²) in [6.07, 6.45) is 3.22. The highest BCUT2D eigenvalue weighted by molar-refractivity contribution is 6.20. The molecule has 14 heavy (non-hydrogen) atoms. The molecule has 0 N–H and O–H groups in total. The van der Waals surface area contributed by atoms with Gasteiger partial charge in [0.1, 0.15) is 0 Å². The van der Waals surface area contributed by atoms with Crippen LogP contribution < -0.4 is 0 Å². The van der Waals surface area contributed by atoms with E-state index in [0.717, 1.165) is 18.7 Å². The lowest BCUT2D eigenvalue weighted by atomic mass is 9.94. The van der Waals surface area contributed by atoms with Crippen LogP contribution in [-0.2, 0) is 13.5 Å². The Bertz CT molecular complexity index is 312. The first-order valence-electron chi connectivity index (χ1n) is 5.03. The Hall–Kier alpha value is -0.640. The molecule has 1 aliphatic carbocycles. The summed E-state index contributed by atoms with van der Waals surface area (Å²) in [5.41, 5.74) is 0. The quantitative estimate of drug-likeness (QED) is 0.700. The van der Waals surface area contributed by atoms with Crippen molar-refractivity contribution < 1.29 is 0 Å². The maximum Gasteiger partial charge on any atom is 0.175 e. The Kier molecular flexibility index (Phi) is 2.72. The summed E-state index contributed by atoms with van der Waals surface area (Å²) in [6, 6.07) is 0. The van der Waals surface area contributed by atoms with E-state index in [1.165, 1.54) is 11.2 Å². The number of tetrazole rings is 1. The first-order valence-corrected chi connectivity index (χ1v) is 5.47. The SMILES string of the molecule is CC1C(Cl)CCC1Cc1nnn(C)n1. The molecule has 0 aromatic carbocycles. The van der Waals surface area contributed by atoms with Crippen molar-refractivity contribution in [1.29, 1.82) is 0 Å². The lowest BCUT2D eigenvalue weighted by Gasteiger charge is -2.14. The fraction of sp³-hybridized carbons (Fsp3) is 0.889. The van der Waals surface area contributed by atoms with Gasteiger partial charge in [-0.3, -0.25) is 0 Å². The third-order valence-electron chi connectivity index (χ3n) is 3.12. The standard InChI is InChI=1S/C9H15ClN4/c1-6-7(3-4-8(6)10)5-9-11-13-14(2)12-9/h6-8H,3-5H2,1-2H3. The molecule has 1 heterocycles. The summed E-state index contributed by atoms with van der Waals surface area (Å²) in [5, 5.41) is 12.3. The highest BCUT2D eigenvalue weighted by atomic mass is 35.5. The Morgan fingerprint density at radius 2 is 2.29 bits per heavy atom. The predicted octanol–water partition coefficient (Wildman–Crippen LogP) is 1.41. The van der Waals surface area contributed by atoms with Crippen LogP contribution in [0.4, 0.5) is 0 Å². The monoisotopic (exact) mass is 214 g/mol. The number of alkyl halides is 1. The number of halogens is 1. The van der Waals surface area contributed by atoms with E-state index in [-0.39, 0.29) is 0 Å². The van der Waals surface area contributed by atoms with Crippen molar-refractivity contribution in [3.63, 3.8) is 0 Å². The zero-order valence-electron chi connectivity index (χ0n) is 8.52. The average Bonchev–Trinajstić information content (AvgIpc) is 2.67. The van der Waals surface area contributed by atoms with Crippen LogP contribution in [0, 0.1) is 11.8 Å². The van der Waals surface area contributed by atoms with Gasteiger partial charge in [-0.15, -0.1) is 21.8 Å². The van der Waals surface area contributed by atoms with Crippen LogP contribution >= 0.6 is 11.6 Å². The second kappa shape index (κ2) is 3.85. The van der Waals surface area contributed by atoms with E-state index in [9.17, 15) is 0 Å². The number of aryl methyl sites for hydroxylation is 1. The van der Waals surface area contributed by atoms with E-state index >= 15 is 0 Å². The molecule has 4 nitrogen and oxygen atoms in total. The van der Waals surface area contributed by atoms with Crippen LogP contribution in [0.5, 0.6) is 0 Å². The Morgan fingerprint density at radius 3 is 2.79 bits per heavy atom. The minimum absolute atomic E-state index is 0.330. The van der Waals surface area contributed by atoms with Crippen LogP contribution in [0.15, 0.2) is 0 Å². The Morgan fingerprint density at radius 1 is 1.50 bits per heavy atom. The van der Waals surface area contributed by atoms with Gasteiger partial charge in [-0.05, 0) is 29.9 Å². The topological polar surface area (TPSA) is 43.6 Å². The lowest BCUT2D eigenvalue weighted by molar-refractivity contribution is 0.411. The van der Waals surface area contributed by atoms with Crippen molar-refractivity contribution in [2.75, 3.05) is 0 Å². The highest BCUT2D eigenvalue weighted by Crippen LogP contribution is 2.36. The van der Waals surface area contributed by atoms with Crippen molar-refractivity contribution in [2.45, 2.75) is 31.6 Å². The summed E-state index contributed by atoms with van der Waals surface area (Å²) < 4.78 is 0. The fourth-order valence-corrected chi connectivity index (χ4v) is 2.45. The second-order valence-electron chi connectivity index (χ2n) is 4.11. The van der Waals surface area contributed by atoms with Gasteiger partial charge in [-0.1, -0.05) is 6.92 Å². The van der Waals surface area contributed by atoms with Gasteiger partial charge in [0.15, 0.2) is 5.82 Å². The van der Waals surface area contributed by atoms with Gasteiger partial charge in [-0.2, -0.15) is 4.80 Å². The third kappa shape index (κ3) is 1.90. The number of hydrogen-bond donors (Lipinski definition) is 0. The van der Waals surface area contributed by atoms with Crippen LogP contribution in [0.1, 0.15) is 25.6 Å². The van der Waals surface area contributed by atoms with E-state index in [4.69, 9.17) is 11.6 Å². The first kappa shape index (κ1) is 9.90. The summed E-state index contributed by atoms with van der Waals surface area (Å²) >= 11 is 6.17. The Labute approximate surface area is 88.6 Å². The zero-order chi connectivity index (χ0) is 10.1. The molecule has 1 aromatic heterocycles. The number of rotatable bonds is 2. The molecule has 78 valence electrons. The predicted molar refractivity (Wildman–Crippen MR) is 54.0 cm³/mol. The van der Waals surface area contributed by atoms with Gasteiger partial charge in [0.2, 0.25) is 0 Å². The number of nitrogens with zero attached hydrogens (tertiary/aromatic N) is 4.